The predicted molar refractivity (Wildman–Crippen MR) is 130 cm³/mol. The monoisotopic (exact) mass is 472 g/mol. The second-order valence-corrected chi connectivity index (χ2v) is 9.17. The summed E-state index contributed by atoms with van der Waals surface area (Å²) in [6.45, 7) is 3.15. The van der Waals surface area contributed by atoms with Crippen LogP contribution in [0, 0.1) is 0 Å². The summed E-state index contributed by atoms with van der Waals surface area (Å²) in [6, 6.07) is 13.5. The highest BCUT2D eigenvalue weighted by Gasteiger charge is 2.40. The number of rotatable bonds is 5. The first-order valence-electron chi connectivity index (χ1n) is 12.2. The summed E-state index contributed by atoms with van der Waals surface area (Å²) in [7, 11) is 1.66. The van der Waals surface area contributed by atoms with Gasteiger partial charge in [-0.25, -0.2) is 4.68 Å². The molecule has 180 valence electrons. The molecule has 1 N–H and O–H groups in total. The van der Waals surface area contributed by atoms with Crippen molar-refractivity contribution in [2.24, 2.45) is 0 Å². The molecule has 2 aromatic carbocycles. The van der Waals surface area contributed by atoms with Crippen molar-refractivity contribution in [2.75, 3.05) is 25.6 Å². The molecule has 2 aliphatic heterocycles. The Kier molecular flexibility index (Phi) is 5.43. The third kappa shape index (κ3) is 3.83. The largest absolute Gasteiger partial charge is 0.497 e. The van der Waals surface area contributed by atoms with Crippen LogP contribution in [0.1, 0.15) is 55.1 Å². The molecule has 35 heavy (non-hydrogen) atoms. The Balaban J connectivity index is 1.42. The normalized spacial score (nSPS) is 20.7. The molecule has 8 nitrogen and oxygen atoms in total. The smallest absolute Gasteiger partial charge is 0.226 e. The average molecular weight is 473 g/mol. The molecule has 0 bridgehead atoms. The summed E-state index contributed by atoms with van der Waals surface area (Å²) in [5.41, 5.74) is 3.74. The summed E-state index contributed by atoms with van der Waals surface area (Å²) in [4.78, 5) is 18.5. The van der Waals surface area contributed by atoms with Crippen LogP contribution >= 0.6 is 0 Å². The van der Waals surface area contributed by atoms with Crippen LogP contribution in [-0.2, 0) is 11.2 Å². The minimum absolute atomic E-state index is 0.0881. The third-order valence-corrected chi connectivity index (χ3v) is 6.91. The standard InChI is InChI=1S/C27H28N4O4/c1-3-4-24-29-27-28-20-13-18(16-5-8-19(33-2)9-6-16)14-21(32)25(20)26(31(27)30-24)17-7-10-22-23(15-17)35-12-11-34-22/h5-10,15,18,26H,3-4,11-14H2,1-2H3,(H,28,29,30). The number of hydrogen-bond acceptors (Lipinski definition) is 7. The number of allylic oxidation sites excluding steroid dienone is 2. The number of carbonyl (C=O) groups excluding carboxylic acids is 1. The Morgan fingerprint density at radius 3 is 2.60 bits per heavy atom. The van der Waals surface area contributed by atoms with Gasteiger partial charge in [-0.3, -0.25) is 4.79 Å². The molecule has 1 aromatic heterocycles. The van der Waals surface area contributed by atoms with E-state index in [4.69, 9.17) is 24.3 Å². The Morgan fingerprint density at radius 2 is 1.83 bits per heavy atom. The van der Waals surface area contributed by atoms with Gasteiger partial charge in [0.2, 0.25) is 5.95 Å². The summed E-state index contributed by atoms with van der Waals surface area (Å²) in [5.74, 6) is 3.89. The summed E-state index contributed by atoms with van der Waals surface area (Å²) >= 11 is 0. The summed E-state index contributed by atoms with van der Waals surface area (Å²) in [5, 5.41) is 8.26. The van der Waals surface area contributed by atoms with E-state index in [-0.39, 0.29) is 17.7 Å². The molecule has 0 saturated heterocycles. The van der Waals surface area contributed by atoms with Gasteiger partial charge in [0.15, 0.2) is 23.1 Å². The van der Waals surface area contributed by atoms with Crippen LogP contribution in [0.5, 0.6) is 17.2 Å². The molecule has 3 heterocycles. The van der Waals surface area contributed by atoms with Crippen LogP contribution in [0.3, 0.4) is 0 Å². The van der Waals surface area contributed by atoms with Gasteiger partial charge in [0.25, 0.3) is 0 Å². The third-order valence-electron chi connectivity index (χ3n) is 6.91. The molecule has 8 heteroatoms. The molecule has 0 saturated carbocycles. The fraction of sp³-hybridized carbons (Fsp3) is 0.370. The molecule has 0 fully saturated rings. The van der Waals surface area contributed by atoms with E-state index < -0.39 is 0 Å². The number of nitrogens with one attached hydrogen (secondary N) is 1. The maximum atomic E-state index is 13.7. The summed E-state index contributed by atoms with van der Waals surface area (Å²) in [6.07, 6.45) is 2.90. The zero-order chi connectivity index (χ0) is 23.9. The van der Waals surface area contributed by atoms with Gasteiger partial charge in [-0.15, -0.1) is 0 Å². The average Bonchev–Trinajstić information content (AvgIpc) is 3.29. The quantitative estimate of drug-likeness (QED) is 0.588. The lowest BCUT2D eigenvalue weighted by molar-refractivity contribution is -0.116. The number of nitrogens with zero attached hydrogens (tertiary/aromatic N) is 3. The second-order valence-electron chi connectivity index (χ2n) is 9.17. The number of benzene rings is 2. The Morgan fingerprint density at radius 1 is 1.06 bits per heavy atom. The maximum absolute atomic E-state index is 13.7. The van der Waals surface area contributed by atoms with E-state index in [9.17, 15) is 4.79 Å². The van der Waals surface area contributed by atoms with E-state index in [1.165, 1.54) is 0 Å². The van der Waals surface area contributed by atoms with E-state index >= 15 is 0 Å². The van der Waals surface area contributed by atoms with Crippen molar-refractivity contribution in [3.05, 3.63) is 70.7 Å². The van der Waals surface area contributed by atoms with Crippen molar-refractivity contribution in [3.63, 3.8) is 0 Å². The van der Waals surface area contributed by atoms with Gasteiger partial charge >= 0.3 is 0 Å². The van der Waals surface area contributed by atoms with Crippen LogP contribution in [0.4, 0.5) is 5.95 Å². The van der Waals surface area contributed by atoms with Crippen molar-refractivity contribution >= 4 is 11.7 Å². The van der Waals surface area contributed by atoms with Crippen molar-refractivity contribution < 1.29 is 19.0 Å². The SMILES string of the molecule is CCCc1nc2n(n1)C(c1ccc3c(c1)OCCO3)C1=C(CC(c3ccc(OC)cc3)CC1=O)N2. The predicted octanol–water partition coefficient (Wildman–Crippen LogP) is 4.43. The zero-order valence-corrected chi connectivity index (χ0v) is 19.9. The van der Waals surface area contributed by atoms with Gasteiger partial charge in [0, 0.05) is 24.1 Å². The number of carbonyl (C=O) groups is 1. The molecule has 3 aromatic rings. The van der Waals surface area contributed by atoms with Crippen molar-refractivity contribution in [2.45, 2.75) is 44.6 Å². The number of anilines is 1. The molecule has 0 spiro atoms. The fourth-order valence-electron chi connectivity index (χ4n) is 5.24. The number of methoxy groups -OCH3 is 1. The molecule has 0 amide bonds. The first kappa shape index (κ1) is 21.7. The minimum atomic E-state index is -0.362. The number of aryl methyl sites for hydroxylation is 1. The lowest BCUT2D eigenvalue weighted by Crippen LogP contribution is -2.33. The van der Waals surface area contributed by atoms with Crippen molar-refractivity contribution in [3.8, 4) is 17.2 Å². The van der Waals surface area contributed by atoms with Gasteiger partial charge in [0.05, 0.1) is 7.11 Å². The number of fused-ring (bicyclic) bond motifs is 2. The molecule has 0 radical (unpaired) electrons. The number of hydrogen-bond donors (Lipinski definition) is 1. The van der Waals surface area contributed by atoms with E-state index in [0.29, 0.717) is 31.3 Å². The molecule has 1 aliphatic carbocycles. The molecule has 3 aliphatic rings. The van der Waals surface area contributed by atoms with Crippen LogP contribution in [0.25, 0.3) is 0 Å². The Labute approximate surface area is 203 Å². The maximum Gasteiger partial charge on any atom is 0.226 e. The highest BCUT2D eigenvalue weighted by Crippen LogP contribution is 2.45. The minimum Gasteiger partial charge on any atom is -0.497 e. The Bertz CT molecular complexity index is 1310. The molecule has 2 atom stereocenters. The lowest BCUT2D eigenvalue weighted by atomic mass is 9.78. The number of Topliss-reactive ketones (excluding diaryl/α,β-unsaturated/α-hetero) is 1. The molecule has 2 unspecified atom stereocenters. The van der Waals surface area contributed by atoms with E-state index in [0.717, 1.165) is 59.0 Å². The van der Waals surface area contributed by atoms with Crippen LogP contribution in [0.15, 0.2) is 53.7 Å². The second kappa shape index (κ2) is 8.76. The molecule has 6 rings (SSSR count). The van der Waals surface area contributed by atoms with Crippen LogP contribution in [0.2, 0.25) is 0 Å². The zero-order valence-electron chi connectivity index (χ0n) is 19.9. The van der Waals surface area contributed by atoms with Crippen molar-refractivity contribution in [1.29, 1.82) is 0 Å². The Hall–Kier alpha value is -3.81. The summed E-state index contributed by atoms with van der Waals surface area (Å²) < 4.78 is 18.7. The van der Waals surface area contributed by atoms with E-state index in [2.05, 4.69) is 12.2 Å². The molecular formula is C27H28N4O4. The van der Waals surface area contributed by atoms with E-state index in [1.54, 1.807) is 7.11 Å². The highest BCUT2D eigenvalue weighted by atomic mass is 16.6. The number of ketones is 1. The van der Waals surface area contributed by atoms with Crippen LogP contribution in [-0.4, -0.2) is 40.9 Å². The van der Waals surface area contributed by atoms with Crippen LogP contribution < -0.4 is 19.5 Å². The van der Waals surface area contributed by atoms with E-state index in [1.807, 2.05) is 47.1 Å². The lowest BCUT2D eigenvalue weighted by Gasteiger charge is -2.35. The van der Waals surface area contributed by atoms with Gasteiger partial charge in [0.1, 0.15) is 25.0 Å². The fourth-order valence-corrected chi connectivity index (χ4v) is 5.24. The number of ether oxygens (including phenoxy) is 3. The van der Waals surface area contributed by atoms with Crippen molar-refractivity contribution in [1.82, 2.24) is 14.8 Å². The van der Waals surface area contributed by atoms with Gasteiger partial charge in [-0.2, -0.15) is 10.1 Å². The van der Waals surface area contributed by atoms with Gasteiger partial charge in [-0.1, -0.05) is 25.1 Å². The first-order valence-corrected chi connectivity index (χ1v) is 12.2. The first-order chi connectivity index (χ1) is 17.1. The molecular weight excluding hydrogens is 444 g/mol. The highest BCUT2D eigenvalue weighted by molar-refractivity contribution is 6.00. The van der Waals surface area contributed by atoms with Gasteiger partial charge < -0.3 is 19.5 Å². The van der Waals surface area contributed by atoms with Gasteiger partial charge in [-0.05, 0) is 54.2 Å². The number of aromatic nitrogens is 3. The topological polar surface area (TPSA) is 87.5 Å².